The molecule has 192 valence electrons. The fourth-order valence-corrected chi connectivity index (χ4v) is 2.53. The van der Waals surface area contributed by atoms with E-state index in [2.05, 4.69) is 10.6 Å². The molecule has 0 radical (unpaired) electrons. The molecular formula is C18H30N6O10. The zero-order valence-electron chi connectivity index (χ0n) is 18.2. The fourth-order valence-electron chi connectivity index (χ4n) is 2.53. The van der Waals surface area contributed by atoms with Gasteiger partial charge in [0.25, 0.3) is 0 Å². The van der Waals surface area contributed by atoms with Crippen LogP contribution in [0.15, 0.2) is 0 Å². The number of amides is 5. The number of carbonyl (C=O) groups is 7. The van der Waals surface area contributed by atoms with E-state index in [1.165, 1.54) is 0 Å². The number of carboxylic acid groups (broad SMARTS) is 2. The van der Waals surface area contributed by atoms with Crippen LogP contribution in [-0.4, -0.2) is 87.6 Å². The van der Waals surface area contributed by atoms with Crippen LogP contribution in [0.2, 0.25) is 0 Å². The standard InChI is InChI=1S/C18H30N6O10/c19-8(1-6-14(28)29)15(30)22-9(2-4-12(20)26)16(31)24-11(7-25)17(32)23-10(18(33)34)3-5-13(21)27/h8-11,25H,1-7,19H2,(H2,20,26)(H2,21,27)(H,22,30)(H,23,32)(H,24,31)(H,28,29)(H,33,34). The summed E-state index contributed by atoms with van der Waals surface area (Å²) >= 11 is 0. The Hall–Kier alpha value is -3.79. The predicted octanol–water partition coefficient (Wildman–Crippen LogP) is -4.76. The minimum absolute atomic E-state index is 0.241. The monoisotopic (exact) mass is 490 g/mol. The van der Waals surface area contributed by atoms with E-state index < -0.39 is 78.7 Å². The molecule has 0 aliphatic heterocycles. The Kier molecular flexibility index (Phi) is 13.4. The van der Waals surface area contributed by atoms with E-state index in [4.69, 9.17) is 27.4 Å². The second-order valence-electron chi connectivity index (χ2n) is 7.25. The normalized spacial score (nSPS) is 14.1. The third-order valence-corrected chi connectivity index (χ3v) is 4.43. The van der Waals surface area contributed by atoms with Crippen LogP contribution in [0.4, 0.5) is 0 Å². The number of hydrogen-bond donors (Lipinski definition) is 9. The van der Waals surface area contributed by atoms with Crippen LogP contribution in [0.5, 0.6) is 0 Å². The van der Waals surface area contributed by atoms with Gasteiger partial charge in [0.05, 0.1) is 12.6 Å². The molecule has 0 aromatic carbocycles. The molecule has 0 aromatic rings. The molecule has 0 aromatic heterocycles. The SMILES string of the molecule is NC(=O)CCC(NC(=O)C(CO)NC(=O)C(CCC(N)=O)NC(=O)C(N)CCC(=O)O)C(=O)O. The van der Waals surface area contributed by atoms with Gasteiger partial charge in [0.1, 0.15) is 18.1 Å². The van der Waals surface area contributed by atoms with Crippen molar-refractivity contribution in [3.63, 3.8) is 0 Å². The number of rotatable bonds is 17. The molecule has 0 heterocycles. The Balaban J connectivity index is 5.29. The van der Waals surface area contributed by atoms with Crippen LogP contribution in [0, 0.1) is 0 Å². The first-order chi connectivity index (χ1) is 15.8. The fraction of sp³-hybridized carbons (Fsp3) is 0.611. The Labute approximate surface area is 193 Å². The Morgan fingerprint density at radius 3 is 1.53 bits per heavy atom. The molecule has 0 fully saturated rings. The number of nitrogens with one attached hydrogen (secondary N) is 3. The van der Waals surface area contributed by atoms with Crippen LogP contribution in [0.1, 0.15) is 38.5 Å². The van der Waals surface area contributed by atoms with Gasteiger partial charge in [-0.15, -0.1) is 0 Å². The van der Waals surface area contributed by atoms with Crippen molar-refractivity contribution in [2.24, 2.45) is 17.2 Å². The number of hydrogen-bond acceptors (Lipinski definition) is 9. The highest BCUT2D eigenvalue weighted by molar-refractivity contribution is 5.94. The average molecular weight is 490 g/mol. The van der Waals surface area contributed by atoms with Gasteiger partial charge >= 0.3 is 11.9 Å². The maximum absolute atomic E-state index is 12.6. The topological polar surface area (TPSA) is 294 Å². The second-order valence-corrected chi connectivity index (χ2v) is 7.25. The summed E-state index contributed by atoms with van der Waals surface area (Å²) in [7, 11) is 0. The summed E-state index contributed by atoms with van der Waals surface area (Å²) < 4.78 is 0. The maximum Gasteiger partial charge on any atom is 0.326 e. The van der Waals surface area contributed by atoms with Crippen molar-refractivity contribution >= 4 is 41.5 Å². The Morgan fingerprint density at radius 1 is 0.647 bits per heavy atom. The number of aliphatic carboxylic acids is 2. The number of carbonyl (C=O) groups excluding carboxylic acids is 5. The van der Waals surface area contributed by atoms with E-state index in [1.807, 2.05) is 5.32 Å². The van der Waals surface area contributed by atoms with Gasteiger partial charge in [0, 0.05) is 19.3 Å². The van der Waals surface area contributed by atoms with Crippen LogP contribution in [0.3, 0.4) is 0 Å². The lowest BCUT2D eigenvalue weighted by Gasteiger charge is -2.24. The van der Waals surface area contributed by atoms with Crippen LogP contribution in [-0.2, 0) is 33.6 Å². The third-order valence-electron chi connectivity index (χ3n) is 4.43. The highest BCUT2D eigenvalue weighted by Gasteiger charge is 2.30. The average Bonchev–Trinajstić information content (AvgIpc) is 2.74. The van der Waals surface area contributed by atoms with Gasteiger partial charge in [0.2, 0.25) is 29.5 Å². The summed E-state index contributed by atoms with van der Waals surface area (Å²) in [6.45, 7) is -0.964. The molecule has 4 unspecified atom stereocenters. The lowest BCUT2D eigenvalue weighted by atomic mass is 10.1. The van der Waals surface area contributed by atoms with Crippen LogP contribution >= 0.6 is 0 Å². The molecule has 0 bridgehead atoms. The lowest BCUT2D eigenvalue weighted by molar-refractivity contribution is -0.143. The molecule has 0 aliphatic carbocycles. The molecule has 0 saturated heterocycles. The minimum Gasteiger partial charge on any atom is -0.481 e. The lowest BCUT2D eigenvalue weighted by Crippen LogP contribution is -2.58. The number of nitrogens with two attached hydrogens (primary N) is 3. The largest absolute Gasteiger partial charge is 0.481 e. The van der Waals surface area contributed by atoms with Gasteiger partial charge < -0.3 is 48.5 Å². The summed E-state index contributed by atoms with van der Waals surface area (Å²) in [5.74, 6) is -7.34. The number of aliphatic hydroxyl groups excluding tert-OH is 1. The molecule has 16 nitrogen and oxygen atoms in total. The third kappa shape index (κ3) is 12.3. The zero-order valence-corrected chi connectivity index (χ0v) is 18.2. The predicted molar refractivity (Wildman–Crippen MR) is 112 cm³/mol. The number of carboxylic acids is 2. The zero-order chi connectivity index (χ0) is 26.4. The van der Waals surface area contributed by atoms with Crippen molar-refractivity contribution in [1.82, 2.24) is 16.0 Å². The van der Waals surface area contributed by atoms with Crippen molar-refractivity contribution in [2.75, 3.05) is 6.61 Å². The second kappa shape index (κ2) is 15.1. The van der Waals surface area contributed by atoms with Crippen molar-refractivity contribution in [1.29, 1.82) is 0 Å². The van der Waals surface area contributed by atoms with E-state index in [1.54, 1.807) is 0 Å². The molecule has 0 aliphatic rings. The van der Waals surface area contributed by atoms with E-state index in [0.717, 1.165) is 0 Å². The first-order valence-electron chi connectivity index (χ1n) is 10.1. The van der Waals surface area contributed by atoms with Crippen LogP contribution < -0.4 is 33.2 Å². The smallest absolute Gasteiger partial charge is 0.326 e. The molecule has 0 spiro atoms. The molecule has 4 atom stereocenters. The van der Waals surface area contributed by atoms with E-state index in [0.29, 0.717) is 0 Å². The van der Waals surface area contributed by atoms with Crippen molar-refractivity contribution in [3.8, 4) is 0 Å². The summed E-state index contributed by atoms with van der Waals surface area (Å²) in [4.78, 5) is 81.0. The Morgan fingerprint density at radius 2 is 1.09 bits per heavy atom. The van der Waals surface area contributed by atoms with Gasteiger partial charge in [-0.25, -0.2) is 4.79 Å². The number of aliphatic hydroxyl groups is 1. The van der Waals surface area contributed by atoms with E-state index >= 15 is 0 Å². The van der Waals surface area contributed by atoms with E-state index in [-0.39, 0.29) is 32.1 Å². The molecule has 0 rings (SSSR count). The minimum atomic E-state index is -1.66. The van der Waals surface area contributed by atoms with Gasteiger partial charge in [-0.2, -0.15) is 0 Å². The molecule has 12 N–H and O–H groups in total. The summed E-state index contributed by atoms with van der Waals surface area (Å²) in [5, 5.41) is 33.7. The Bertz CT molecular complexity index is 789. The van der Waals surface area contributed by atoms with Gasteiger partial charge in [0.15, 0.2) is 0 Å². The molecule has 0 saturated carbocycles. The first kappa shape index (κ1) is 30.2. The highest BCUT2D eigenvalue weighted by atomic mass is 16.4. The molecule has 5 amide bonds. The molecule has 34 heavy (non-hydrogen) atoms. The van der Waals surface area contributed by atoms with Crippen molar-refractivity contribution < 1.29 is 48.9 Å². The van der Waals surface area contributed by atoms with Gasteiger partial charge in [-0.3, -0.25) is 28.8 Å². The first-order valence-corrected chi connectivity index (χ1v) is 10.1. The summed E-state index contributed by atoms with van der Waals surface area (Å²) in [6, 6.07) is -5.93. The van der Waals surface area contributed by atoms with E-state index in [9.17, 15) is 38.7 Å². The van der Waals surface area contributed by atoms with Gasteiger partial charge in [-0.1, -0.05) is 0 Å². The summed E-state index contributed by atoms with van der Waals surface area (Å²) in [6.07, 6.45) is -2.01. The molecule has 16 heteroatoms. The van der Waals surface area contributed by atoms with Crippen molar-refractivity contribution in [3.05, 3.63) is 0 Å². The highest BCUT2D eigenvalue weighted by Crippen LogP contribution is 2.03. The number of primary amides is 2. The summed E-state index contributed by atoms with van der Waals surface area (Å²) in [5.41, 5.74) is 15.6. The van der Waals surface area contributed by atoms with Crippen molar-refractivity contribution in [2.45, 2.75) is 62.7 Å². The maximum atomic E-state index is 12.6. The van der Waals surface area contributed by atoms with Crippen LogP contribution in [0.25, 0.3) is 0 Å². The van der Waals surface area contributed by atoms with Gasteiger partial charge in [-0.05, 0) is 19.3 Å². The quantitative estimate of drug-likeness (QED) is 0.0932. The molecular weight excluding hydrogens is 460 g/mol.